The topological polar surface area (TPSA) is 9.23 Å². The third-order valence-electron chi connectivity index (χ3n) is 3.14. The van der Waals surface area contributed by atoms with Crippen LogP contribution >= 0.6 is 27.5 Å². The maximum Gasteiger partial charge on any atom is 0.137 e. The van der Waals surface area contributed by atoms with E-state index in [2.05, 4.69) is 15.9 Å². The first kappa shape index (κ1) is 14.2. The van der Waals surface area contributed by atoms with Crippen molar-refractivity contribution in [3.63, 3.8) is 0 Å². The average Bonchev–Trinajstić information content (AvgIpc) is 2.84. The average molecular weight is 340 g/mol. The molecule has 2 unspecified atom stereocenters. The Hall–Kier alpha value is -0.190. The summed E-state index contributed by atoms with van der Waals surface area (Å²) in [5, 5.41) is -0.517. The smallest absolute Gasteiger partial charge is 0.137 e. The van der Waals surface area contributed by atoms with Gasteiger partial charge in [-0.2, -0.15) is 0 Å². The predicted molar refractivity (Wildman–Crippen MR) is 70.9 cm³/mol. The molecule has 18 heavy (non-hydrogen) atoms. The zero-order valence-electron chi connectivity index (χ0n) is 9.77. The highest BCUT2D eigenvalue weighted by molar-refractivity contribution is 9.10. The Morgan fingerprint density at radius 2 is 2.17 bits per heavy atom. The molecule has 0 amide bonds. The summed E-state index contributed by atoms with van der Waals surface area (Å²) in [5.41, 5.74) is 0.218. The van der Waals surface area contributed by atoms with E-state index >= 15 is 0 Å². The van der Waals surface area contributed by atoms with Gasteiger partial charge in [-0.25, -0.2) is 8.78 Å². The predicted octanol–water partition coefficient (Wildman–Crippen LogP) is 4.97. The molecule has 2 rings (SSSR count). The lowest BCUT2D eigenvalue weighted by molar-refractivity contribution is 0.102. The number of ether oxygens (including phenoxy) is 1. The quantitative estimate of drug-likeness (QED) is 0.556. The molecule has 0 aliphatic carbocycles. The Morgan fingerprint density at radius 1 is 1.39 bits per heavy atom. The van der Waals surface area contributed by atoms with E-state index in [1.807, 2.05) is 0 Å². The van der Waals surface area contributed by atoms with Crippen molar-refractivity contribution < 1.29 is 13.5 Å². The van der Waals surface area contributed by atoms with Crippen molar-refractivity contribution in [2.75, 3.05) is 6.61 Å². The van der Waals surface area contributed by atoms with Crippen molar-refractivity contribution in [1.29, 1.82) is 0 Å². The minimum Gasteiger partial charge on any atom is -0.378 e. The molecule has 0 bridgehead atoms. The molecule has 1 nitrogen and oxygen atoms in total. The molecule has 0 spiro atoms. The second kappa shape index (κ2) is 6.31. The molecule has 1 aliphatic rings. The molecule has 5 heteroatoms. The van der Waals surface area contributed by atoms with Crippen LogP contribution in [0.15, 0.2) is 16.6 Å². The summed E-state index contributed by atoms with van der Waals surface area (Å²) in [4.78, 5) is 0. The van der Waals surface area contributed by atoms with Crippen LogP contribution in [0.3, 0.4) is 0 Å². The number of rotatable bonds is 4. The molecule has 0 saturated carbocycles. The fraction of sp³-hybridized carbons (Fsp3) is 0.538. The lowest BCUT2D eigenvalue weighted by atomic mass is 10.0. The second-order valence-corrected chi connectivity index (χ2v) is 5.85. The van der Waals surface area contributed by atoms with E-state index in [0.717, 1.165) is 38.0 Å². The van der Waals surface area contributed by atoms with Crippen LogP contribution in [0.1, 0.15) is 36.6 Å². The largest absolute Gasteiger partial charge is 0.378 e. The number of alkyl halides is 1. The monoisotopic (exact) mass is 338 g/mol. The molecule has 0 radical (unpaired) electrons. The van der Waals surface area contributed by atoms with Gasteiger partial charge in [0.15, 0.2) is 0 Å². The Kier molecular flexibility index (Phi) is 4.98. The Bertz CT molecular complexity index is 422. The van der Waals surface area contributed by atoms with Crippen LogP contribution in [0.25, 0.3) is 0 Å². The number of hydrogen-bond donors (Lipinski definition) is 0. The fourth-order valence-electron chi connectivity index (χ4n) is 2.14. The Labute approximate surface area is 119 Å². The van der Waals surface area contributed by atoms with Crippen molar-refractivity contribution in [3.05, 3.63) is 33.8 Å². The summed E-state index contributed by atoms with van der Waals surface area (Å²) in [6.45, 7) is 0.791. The first-order valence-electron chi connectivity index (χ1n) is 5.98. The zero-order valence-corrected chi connectivity index (χ0v) is 12.1. The van der Waals surface area contributed by atoms with Crippen LogP contribution in [0.2, 0.25) is 0 Å². The van der Waals surface area contributed by atoms with Crippen molar-refractivity contribution in [2.45, 2.75) is 37.2 Å². The second-order valence-electron chi connectivity index (χ2n) is 4.47. The lowest BCUT2D eigenvalue weighted by Gasteiger charge is -2.14. The summed E-state index contributed by atoms with van der Waals surface area (Å²) < 4.78 is 32.6. The van der Waals surface area contributed by atoms with Crippen LogP contribution in [0, 0.1) is 11.6 Å². The molecule has 1 fully saturated rings. The minimum atomic E-state index is -0.517. The fourth-order valence-corrected chi connectivity index (χ4v) is 2.75. The molecule has 2 atom stereocenters. The van der Waals surface area contributed by atoms with E-state index in [1.54, 1.807) is 0 Å². The van der Waals surface area contributed by atoms with E-state index in [1.165, 1.54) is 0 Å². The van der Waals surface area contributed by atoms with Crippen LogP contribution < -0.4 is 0 Å². The van der Waals surface area contributed by atoms with E-state index in [4.69, 9.17) is 16.3 Å². The first-order valence-corrected chi connectivity index (χ1v) is 7.21. The third kappa shape index (κ3) is 3.43. The Morgan fingerprint density at radius 3 is 2.83 bits per heavy atom. The summed E-state index contributed by atoms with van der Waals surface area (Å²) in [5.74, 6) is -0.968. The van der Waals surface area contributed by atoms with Gasteiger partial charge in [-0.1, -0.05) is 0 Å². The van der Waals surface area contributed by atoms with Crippen LogP contribution in [0.4, 0.5) is 8.78 Å². The molecule has 1 aromatic carbocycles. The van der Waals surface area contributed by atoms with E-state index in [9.17, 15) is 8.78 Å². The summed E-state index contributed by atoms with van der Waals surface area (Å²) in [7, 11) is 0. The highest BCUT2D eigenvalue weighted by atomic mass is 79.9. The number of halogens is 4. The molecular formula is C13H14BrClF2O. The van der Waals surface area contributed by atoms with Gasteiger partial charge in [0, 0.05) is 12.2 Å². The normalized spacial score (nSPS) is 21.2. The van der Waals surface area contributed by atoms with Crippen molar-refractivity contribution in [3.8, 4) is 0 Å². The van der Waals surface area contributed by atoms with Crippen molar-refractivity contribution in [2.24, 2.45) is 0 Å². The lowest BCUT2D eigenvalue weighted by Crippen LogP contribution is -2.07. The maximum atomic E-state index is 13.7. The van der Waals surface area contributed by atoms with Crippen LogP contribution in [-0.2, 0) is 4.74 Å². The molecule has 1 aliphatic heterocycles. The van der Waals surface area contributed by atoms with Crippen molar-refractivity contribution >= 4 is 27.5 Å². The van der Waals surface area contributed by atoms with Gasteiger partial charge in [0.05, 0.1) is 16.0 Å². The van der Waals surface area contributed by atoms with Crippen LogP contribution in [-0.4, -0.2) is 12.7 Å². The highest BCUT2D eigenvalue weighted by Crippen LogP contribution is 2.32. The SMILES string of the molecule is Fc1cc(C(Cl)CCC2CCCO2)c(F)cc1Br. The van der Waals surface area contributed by atoms with E-state index in [-0.39, 0.29) is 16.1 Å². The van der Waals surface area contributed by atoms with Gasteiger partial charge in [-0.15, -0.1) is 11.6 Å². The molecule has 1 heterocycles. The van der Waals surface area contributed by atoms with Gasteiger partial charge in [0.2, 0.25) is 0 Å². The Balaban J connectivity index is 1.99. The first-order chi connectivity index (χ1) is 8.58. The summed E-state index contributed by atoms with van der Waals surface area (Å²) in [6, 6.07) is 2.28. The molecule has 1 aromatic rings. The van der Waals surface area contributed by atoms with Gasteiger partial charge in [0.25, 0.3) is 0 Å². The molecule has 0 N–H and O–H groups in total. The summed E-state index contributed by atoms with van der Waals surface area (Å²) >= 11 is 9.08. The molecule has 0 aromatic heterocycles. The van der Waals surface area contributed by atoms with Crippen molar-refractivity contribution in [1.82, 2.24) is 0 Å². The molecular weight excluding hydrogens is 325 g/mol. The number of benzene rings is 1. The number of hydrogen-bond acceptors (Lipinski definition) is 1. The van der Waals surface area contributed by atoms with E-state index in [0.29, 0.717) is 6.42 Å². The maximum absolute atomic E-state index is 13.7. The van der Waals surface area contributed by atoms with Gasteiger partial charge >= 0.3 is 0 Å². The minimum absolute atomic E-state index is 0.117. The molecule has 1 saturated heterocycles. The van der Waals surface area contributed by atoms with Gasteiger partial charge in [0.1, 0.15) is 11.6 Å². The highest BCUT2D eigenvalue weighted by Gasteiger charge is 2.20. The third-order valence-corrected chi connectivity index (χ3v) is 4.20. The van der Waals surface area contributed by atoms with Gasteiger partial charge in [-0.3, -0.25) is 0 Å². The van der Waals surface area contributed by atoms with Gasteiger partial charge < -0.3 is 4.74 Å². The standard InChI is InChI=1S/C13H14BrClF2O/c14-10-7-12(16)9(6-13(10)17)11(15)4-3-8-2-1-5-18-8/h6-8,11H,1-5H2. The summed E-state index contributed by atoms with van der Waals surface area (Å²) in [6.07, 6.45) is 3.68. The van der Waals surface area contributed by atoms with E-state index < -0.39 is 17.0 Å². The molecule has 100 valence electrons. The van der Waals surface area contributed by atoms with Crippen LogP contribution in [0.5, 0.6) is 0 Å². The zero-order chi connectivity index (χ0) is 13.1. The van der Waals surface area contributed by atoms with Gasteiger partial charge in [-0.05, 0) is 53.7 Å².